The predicted molar refractivity (Wildman–Crippen MR) is 174 cm³/mol. The van der Waals surface area contributed by atoms with Crippen LogP contribution in [0.4, 0.5) is 10.1 Å². The standard InChI is InChI=1S/C31H34ClFN10O5/c1-31(2,3)48-30(47)28-37-21-8-5-18(15-22(21)38-28)35-29(46)23(16-26(45)42-13-11-41(4)12-14-42)36-25(44)10-6-19-24(43-17-34-39-40-43)9-7-20(32)27(19)33/h5-10,15,17,23H,11-14,16H2,1-4H3,(H,35,46)(H,36,44)(H,37,38)/b10-6+. The Balaban J connectivity index is 1.35. The van der Waals surface area contributed by atoms with Crippen LogP contribution in [-0.2, 0) is 19.1 Å². The minimum absolute atomic E-state index is 0.00233. The SMILES string of the molecule is CN1CCN(C(=O)CC(NC(=O)/C=C/c2c(-n3cnnn3)ccc(Cl)c2F)C(=O)Nc2ccc3nc(C(=O)OC(C)(C)C)[nH]c3c2)CC1. The van der Waals surface area contributed by atoms with Gasteiger partial charge in [-0.25, -0.2) is 14.2 Å². The molecular formula is C31H34ClFN10O5. The molecule has 0 spiro atoms. The van der Waals surface area contributed by atoms with Crippen LogP contribution in [-0.4, -0.2) is 109 Å². The van der Waals surface area contributed by atoms with Gasteiger partial charge >= 0.3 is 5.97 Å². The highest BCUT2D eigenvalue weighted by molar-refractivity contribution is 6.31. The number of esters is 1. The Hall–Kier alpha value is -5.22. The third-order valence-corrected chi connectivity index (χ3v) is 7.61. The number of hydrogen-bond donors (Lipinski definition) is 3. The van der Waals surface area contributed by atoms with Gasteiger partial charge in [0.25, 0.3) is 0 Å². The second kappa shape index (κ2) is 14.3. The molecule has 3 amide bonds. The molecule has 5 rings (SSSR count). The molecule has 3 N–H and O–H groups in total. The van der Waals surface area contributed by atoms with Crippen LogP contribution < -0.4 is 10.6 Å². The summed E-state index contributed by atoms with van der Waals surface area (Å²) < 4.78 is 21.6. The van der Waals surface area contributed by atoms with Gasteiger partial charge in [-0.3, -0.25) is 14.4 Å². The van der Waals surface area contributed by atoms with E-state index in [1.807, 2.05) is 7.05 Å². The average Bonchev–Trinajstić information content (AvgIpc) is 3.71. The highest BCUT2D eigenvalue weighted by atomic mass is 35.5. The molecule has 0 radical (unpaired) electrons. The molecule has 48 heavy (non-hydrogen) atoms. The Kier molecular flexibility index (Phi) is 10.1. The number of carbonyl (C=O) groups excluding carboxylic acids is 4. The molecule has 2 aromatic heterocycles. The van der Waals surface area contributed by atoms with Gasteiger partial charge in [0.05, 0.1) is 28.2 Å². The van der Waals surface area contributed by atoms with E-state index >= 15 is 4.39 Å². The first-order valence-corrected chi connectivity index (χ1v) is 15.4. The molecule has 0 bridgehead atoms. The van der Waals surface area contributed by atoms with E-state index in [9.17, 15) is 19.2 Å². The number of imidazole rings is 1. The van der Waals surface area contributed by atoms with E-state index < -0.39 is 35.2 Å². The molecule has 1 aliphatic heterocycles. The second-order valence-corrected chi connectivity index (χ2v) is 12.5. The number of aromatic amines is 1. The minimum Gasteiger partial charge on any atom is -0.454 e. The lowest BCUT2D eigenvalue weighted by Gasteiger charge is -2.33. The van der Waals surface area contributed by atoms with Crippen molar-refractivity contribution in [2.24, 2.45) is 0 Å². The fourth-order valence-corrected chi connectivity index (χ4v) is 5.04. The number of rotatable bonds is 9. The van der Waals surface area contributed by atoms with Crippen LogP contribution in [0, 0.1) is 5.82 Å². The van der Waals surface area contributed by atoms with Crippen molar-refractivity contribution in [2.45, 2.75) is 38.8 Å². The Morgan fingerprint density at radius 1 is 1.12 bits per heavy atom. The fourth-order valence-electron chi connectivity index (χ4n) is 4.87. The van der Waals surface area contributed by atoms with Crippen molar-refractivity contribution in [3.63, 3.8) is 0 Å². The van der Waals surface area contributed by atoms with E-state index in [-0.39, 0.29) is 34.4 Å². The summed E-state index contributed by atoms with van der Waals surface area (Å²) in [7, 11) is 1.95. The number of carbonyl (C=O) groups is 4. The lowest BCUT2D eigenvalue weighted by Crippen LogP contribution is -2.51. The van der Waals surface area contributed by atoms with E-state index in [0.29, 0.717) is 42.9 Å². The molecular weight excluding hydrogens is 647 g/mol. The molecule has 15 nitrogen and oxygen atoms in total. The van der Waals surface area contributed by atoms with Crippen LogP contribution in [0.1, 0.15) is 43.4 Å². The van der Waals surface area contributed by atoms with Gasteiger partial charge in [-0.2, -0.15) is 4.68 Å². The molecule has 0 saturated carbocycles. The first-order chi connectivity index (χ1) is 22.8. The highest BCUT2D eigenvalue weighted by Gasteiger charge is 2.28. The molecule has 0 aliphatic carbocycles. The van der Waals surface area contributed by atoms with Crippen LogP contribution in [0.3, 0.4) is 0 Å². The number of fused-ring (bicyclic) bond motifs is 1. The molecule has 252 valence electrons. The molecule has 1 unspecified atom stereocenters. The van der Waals surface area contributed by atoms with Crippen LogP contribution in [0.5, 0.6) is 0 Å². The van der Waals surface area contributed by atoms with Crippen molar-refractivity contribution >= 4 is 58.1 Å². The first-order valence-electron chi connectivity index (χ1n) is 15.0. The van der Waals surface area contributed by atoms with Crippen LogP contribution in [0.2, 0.25) is 5.02 Å². The molecule has 1 atom stereocenters. The number of ether oxygens (including phenoxy) is 1. The summed E-state index contributed by atoms with van der Waals surface area (Å²) in [5.41, 5.74) is 0.662. The van der Waals surface area contributed by atoms with Crippen molar-refractivity contribution in [3.8, 4) is 5.69 Å². The number of nitrogens with one attached hydrogen (secondary N) is 3. The number of H-pyrrole nitrogens is 1. The fraction of sp³-hybridized carbons (Fsp3) is 0.355. The smallest absolute Gasteiger partial charge is 0.374 e. The number of anilines is 1. The topological polar surface area (TPSA) is 180 Å². The number of likely N-dealkylation sites (N-methyl/N-ethyl adjacent to an activating group) is 1. The lowest BCUT2D eigenvalue weighted by atomic mass is 10.1. The number of amides is 3. The molecule has 1 saturated heterocycles. The number of benzene rings is 2. The zero-order chi connectivity index (χ0) is 34.6. The Morgan fingerprint density at radius 3 is 2.56 bits per heavy atom. The molecule has 2 aromatic carbocycles. The van der Waals surface area contributed by atoms with E-state index in [1.54, 1.807) is 43.9 Å². The Labute approximate surface area is 279 Å². The molecule has 3 heterocycles. The van der Waals surface area contributed by atoms with E-state index in [4.69, 9.17) is 16.3 Å². The number of nitrogens with zero attached hydrogens (tertiary/aromatic N) is 7. The quantitative estimate of drug-likeness (QED) is 0.176. The third-order valence-electron chi connectivity index (χ3n) is 7.32. The molecule has 1 fully saturated rings. The number of hydrogen-bond acceptors (Lipinski definition) is 10. The summed E-state index contributed by atoms with van der Waals surface area (Å²) in [6.45, 7) is 7.51. The van der Waals surface area contributed by atoms with Crippen molar-refractivity contribution in [2.75, 3.05) is 38.5 Å². The maximum absolute atomic E-state index is 15.0. The zero-order valence-corrected chi connectivity index (χ0v) is 27.4. The highest BCUT2D eigenvalue weighted by Crippen LogP contribution is 2.25. The Bertz CT molecular complexity index is 1860. The van der Waals surface area contributed by atoms with Gasteiger partial charge in [0, 0.05) is 43.5 Å². The molecule has 4 aromatic rings. The summed E-state index contributed by atoms with van der Waals surface area (Å²) in [6.07, 6.45) is 3.13. The summed E-state index contributed by atoms with van der Waals surface area (Å²) >= 11 is 5.99. The summed E-state index contributed by atoms with van der Waals surface area (Å²) in [4.78, 5) is 63.3. The van der Waals surface area contributed by atoms with Crippen molar-refractivity contribution < 1.29 is 28.3 Å². The minimum atomic E-state index is -1.30. The number of aromatic nitrogens is 6. The van der Waals surface area contributed by atoms with Gasteiger partial charge in [0.1, 0.15) is 18.0 Å². The molecule has 17 heteroatoms. The van der Waals surface area contributed by atoms with Crippen LogP contribution >= 0.6 is 11.6 Å². The van der Waals surface area contributed by atoms with Crippen molar-refractivity contribution in [3.05, 3.63) is 65.0 Å². The van der Waals surface area contributed by atoms with Crippen LogP contribution in [0.15, 0.2) is 42.7 Å². The third kappa shape index (κ3) is 8.38. The van der Waals surface area contributed by atoms with E-state index in [1.165, 1.54) is 29.2 Å². The Morgan fingerprint density at radius 2 is 1.88 bits per heavy atom. The van der Waals surface area contributed by atoms with Crippen molar-refractivity contribution in [1.82, 2.24) is 45.3 Å². The lowest BCUT2D eigenvalue weighted by molar-refractivity contribution is -0.135. The van der Waals surface area contributed by atoms with Gasteiger partial charge < -0.3 is 30.2 Å². The number of tetrazole rings is 1. The summed E-state index contributed by atoms with van der Waals surface area (Å²) in [5.74, 6) is -3.21. The van der Waals surface area contributed by atoms with E-state index in [0.717, 1.165) is 6.08 Å². The molecule has 1 aliphatic rings. The van der Waals surface area contributed by atoms with Gasteiger partial charge in [-0.15, -0.1) is 5.10 Å². The number of halogens is 2. The van der Waals surface area contributed by atoms with Gasteiger partial charge in [0.15, 0.2) is 5.82 Å². The number of piperazine rings is 1. The van der Waals surface area contributed by atoms with Gasteiger partial charge in [-0.05, 0) is 74.7 Å². The zero-order valence-electron chi connectivity index (χ0n) is 26.7. The summed E-state index contributed by atoms with van der Waals surface area (Å²) in [6, 6.07) is 6.25. The van der Waals surface area contributed by atoms with Gasteiger partial charge in [0.2, 0.25) is 23.5 Å². The normalized spacial score (nSPS) is 14.7. The maximum Gasteiger partial charge on any atom is 0.374 e. The first kappa shape index (κ1) is 34.1. The largest absolute Gasteiger partial charge is 0.454 e. The summed E-state index contributed by atoms with van der Waals surface area (Å²) in [5, 5.41) is 16.0. The second-order valence-electron chi connectivity index (χ2n) is 12.1. The predicted octanol–water partition coefficient (Wildman–Crippen LogP) is 2.59. The maximum atomic E-state index is 15.0. The monoisotopic (exact) mass is 680 g/mol. The average molecular weight is 681 g/mol. The van der Waals surface area contributed by atoms with Crippen LogP contribution in [0.25, 0.3) is 22.8 Å². The van der Waals surface area contributed by atoms with E-state index in [2.05, 4.69) is 41.0 Å². The van der Waals surface area contributed by atoms with Gasteiger partial charge in [-0.1, -0.05) is 11.6 Å². The van der Waals surface area contributed by atoms with Crippen molar-refractivity contribution in [1.29, 1.82) is 0 Å².